The average Bonchev–Trinajstić information content (AvgIpc) is 2.27. The number of carbonyl (C=O) groups excluding carboxylic acids is 1. The highest BCUT2D eigenvalue weighted by molar-refractivity contribution is 5.94. The van der Waals surface area contributed by atoms with E-state index in [0.29, 0.717) is 11.5 Å². The van der Waals surface area contributed by atoms with Crippen LogP contribution >= 0.6 is 0 Å². The van der Waals surface area contributed by atoms with Crippen LogP contribution in [0.4, 0.5) is 10.5 Å². The van der Waals surface area contributed by atoms with Gasteiger partial charge in [0.25, 0.3) is 0 Å². The zero-order valence-corrected chi connectivity index (χ0v) is 9.46. The summed E-state index contributed by atoms with van der Waals surface area (Å²) in [7, 11) is 3.17. The lowest BCUT2D eigenvalue weighted by Crippen LogP contribution is -2.36. The fourth-order valence-electron chi connectivity index (χ4n) is 1.92. The number of anilines is 1. The molecule has 1 aromatic rings. The molecule has 0 aromatic heterocycles. The van der Waals surface area contributed by atoms with Crippen LogP contribution in [0.15, 0.2) is 12.1 Å². The molecule has 1 atom stereocenters. The van der Waals surface area contributed by atoms with Gasteiger partial charge in [0.2, 0.25) is 0 Å². The molecule has 0 aliphatic carbocycles. The van der Waals surface area contributed by atoms with Crippen LogP contribution < -0.4 is 20.1 Å². The molecule has 5 nitrogen and oxygen atoms in total. The predicted molar refractivity (Wildman–Crippen MR) is 60.1 cm³/mol. The minimum atomic E-state index is -0.202. The zero-order chi connectivity index (χ0) is 11.7. The van der Waals surface area contributed by atoms with Gasteiger partial charge in [-0.15, -0.1) is 0 Å². The van der Waals surface area contributed by atoms with Gasteiger partial charge in [-0.2, -0.15) is 0 Å². The number of rotatable bonds is 2. The SMILES string of the molecule is COc1ccc2c(c1OC)C(C)NC(=O)N2. The van der Waals surface area contributed by atoms with E-state index in [1.165, 1.54) is 0 Å². The number of urea groups is 1. The molecule has 0 bridgehead atoms. The molecule has 1 unspecified atom stereocenters. The molecule has 0 fully saturated rings. The molecule has 1 aliphatic heterocycles. The summed E-state index contributed by atoms with van der Waals surface area (Å²) in [6, 6.07) is 3.28. The van der Waals surface area contributed by atoms with Crippen molar-refractivity contribution in [3.8, 4) is 11.5 Å². The molecule has 2 rings (SSSR count). The molecule has 0 radical (unpaired) electrons. The Labute approximate surface area is 93.7 Å². The summed E-state index contributed by atoms with van der Waals surface area (Å²) < 4.78 is 10.5. The largest absolute Gasteiger partial charge is 0.493 e. The summed E-state index contributed by atoms with van der Waals surface area (Å²) in [4.78, 5) is 11.3. The van der Waals surface area contributed by atoms with Crippen LogP contribution in [0.3, 0.4) is 0 Å². The molecule has 0 saturated carbocycles. The summed E-state index contributed by atoms with van der Waals surface area (Å²) in [6.45, 7) is 1.90. The number of benzene rings is 1. The molecule has 2 amide bonds. The van der Waals surface area contributed by atoms with E-state index in [0.717, 1.165) is 11.3 Å². The minimum absolute atomic E-state index is 0.103. The minimum Gasteiger partial charge on any atom is -0.493 e. The molecule has 0 spiro atoms. The lowest BCUT2D eigenvalue weighted by Gasteiger charge is -2.27. The number of amides is 2. The van der Waals surface area contributed by atoms with E-state index in [1.807, 2.05) is 13.0 Å². The van der Waals surface area contributed by atoms with Crippen LogP contribution in [0.1, 0.15) is 18.5 Å². The Morgan fingerprint density at radius 2 is 2.00 bits per heavy atom. The third kappa shape index (κ3) is 1.54. The Morgan fingerprint density at radius 3 is 2.62 bits per heavy atom. The monoisotopic (exact) mass is 222 g/mol. The summed E-state index contributed by atoms with van der Waals surface area (Å²) in [5.74, 6) is 1.31. The van der Waals surface area contributed by atoms with Crippen LogP contribution in [0.25, 0.3) is 0 Å². The molecule has 5 heteroatoms. The second kappa shape index (κ2) is 3.92. The molecule has 1 aliphatic rings. The number of methoxy groups -OCH3 is 2. The van der Waals surface area contributed by atoms with Gasteiger partial charge in [-0.05, 0) is 19.1 Å². The highest BCUT2D eigenvalue weighted by Gasteiger charge is 2.26. The van der Waals surface area contributed by atoms with Crippen molar-refractivity contribution in [1.82, 2.24) is 5.32 Å². The Hall–Kier alpha value is -1.91. The van der Waals surface area contributed by atoms with Crippen molar-refractivity contribution in [3.05, 3.63) is 17.7 Å². The lowest BCUT2D eigenvalue weighted by atomic mass is 10.0. The quantitative estimate of drug-likeness (QED) is 0.803. The summed E-state index contributed by atoms with van der Waals surface area (Å²) in [5.41, 5.74) is 1.66. The van der Waals surface area contributed by atoms with Crippen molar-refractivity contribution in [1.29, 1.82) is 0 Å². The van der Waals surface area contributed by atoms with E-state index >= 15 is 0 Å². The number of ether oxygens (including phenoxy) is 2. The molecule has 86 valence electrons. The first-order valence-corrected chi connectivity index (χ1v) is 4.99. The number of carbonyl (C=O) groups is 1. The van der Waals surface area contributed by atoms with Crippen LogP contribution in [0.2, 0.25) is 0 Å². The molecular formula is C11H14N2O3. The van der Waals surface area contributed by atoms with Gasteiger partial charge < -0.3 is 20.1 Å². The first kappa shape index (κ1) is 10.6. The van der Waals surface area contributed by atoms with E-state index in [1.54, 1.807) is 20.3 Å². The van der Waals surface area contributed by atoms with Crippen LogP contribution in [-0.4, -0.2) is 20.3 Å². The van der Waals surface area contributed by atoms with Crippen molar-refractivity contribution in [2.75, 3.05) is 19.5 Å². The maximum atomic E-state index is 11.3. The smallest absolute Gasteiger partial charge is 0.319 e. The fourth-order valence-corrected chi connectivity index (χ4v) is 1.92. The van der Waals surface area contributed by atoms with Crippen molar-refractivity contribution in [2.24, 2.45) is 0 Å². The van der Waals surface area contributed by atoms with Gasteiger partial charge in [0.05, 0.1) is 25.9 Å². The molecule has 2 N–H and O–H groups in total. The van der Waals surface area contributed by atoms with Gasteiger partial charge in [-0.25, -0.2) is 4.79 Å². The molecule has 1 heterocycles. The Kier molecular flexibility index (Phi) is 2.60. The Balaban J connectivity index is 2.58. The second-order valence-corrected chi connectivity index (χ2v) is 3.58. The second-order valence-electron chi connectivity index (χ2n) is 3.58. The highest BCUT2D eigenvalue weighted by atomic mass is 16.5. The van der Waals surface area contributed by atoms with Gasteiger partial charge >= 0.3 is 6.03 Å². The zero-order valence-electron chi connectivity index (χ0n) is 9.46. The van der Waals surface area contributed by atoms with Crippen molar-refractivity contribution < 1.29 is 14.3 Å². The third-order valence-electron chi connectivity index (χ3n) is 2.61. The van der Waals surface area contributed by atoms with E-state index in [-0.39, 0.29) is 12.1 Å². The van der Waals surface area contributed by atoms with Crippen LogP contribution in [0, 0.1) is 0 Å². The van der Waals surface area contributed by atoms with Crippen molar-refractivity contribution >= 4 is 11.7 Å². The first-order valence-electron chi connectivity index (χ1n) is 4.99. The Morgan fingerprint density at radius 1 is 1.25 bits per heavy atom. The first-order chi connectivity index (χ1) is 7.67. The molecule has 16 heavy (non-hydrogen) atoms. The summed E-state index contributed by atoms with van der Waals surface area (Å²) in [5, 5.41) is 5.51. The molecular weight excluding hydrogens is 208 g/mol. The average molecular weight is 222 g/mol. The molecule has 0 saturated heterocycles. The maximum Gasteiger partial charge on any atom is 0.319 e. The fraction of sp³-hybridized carbons (Fsp3) is 0.364. The van der Waals surface area contributed by atoms with E-state index in [9.17, 15) is 4.79 Å². The highest BCUT2D eigenvalue weighted by Crippen LogP contribution is 2.41. The van der Waals surface area contributed by atoms with Gasteiger partial charge in [0.15, 0.2) is 11.5 Å². The Bertz CT molecular complexity index is 431. The van der Waals surface area contributed by atoms with Gasteiger partial charge in [-0.3, -0.25) is 0 Å². The summed E-state index contributed by atoms with van der Waals surface area (Å²) >= 11 is 0. The standard InChI is InChI=1S/C11H14N2O3/c1-6-9-7(13-11(14)12-6)4-5-8(15-2)10(9)16-3/h4-6H,1-3H3,(H2,12,13,14). The van der Waals surface area contributed by atoms with Gasteiger partial charge in [0.1, 0.15) is 0 Å². The number of nitrogens with one attached hydrogen (secondary N) is 2. The number of fused-ring (bicyclic) bond motifs is 1. The van der Waals surface area contributed by atoms with Crippen molar-refractivity contribution in [3.63, 3.8) is 0 Å². The van der Waals surface area contributed by atoms with Gasteiger partial charge in [-0.1, -0.05) is 0 Å². The number of hydrogen-bond donors (Lipinski definition) is 2. The third-order valence-corrected chi connectivity index (χ3v) is 2.61. The van der Waals surface area contributed by atoms with E-state index < -0.39 is 0 Å². The van der Waals surface area contributed by atoms with Crippen molar-refractivity contribution in [2.45, 2.75) is 13.0 Å². The van der Waals surface area contributed by atoms with E-state index in [2.05, 4.69) is 10.6 Å². The maximum absolute atomic E-state index is 11.3. The van der Waals surface area contributed by atoms with Crippen LogP contribution in [-0.2, 0) is 0 Å². The topological polar surface area (TPSA) is 59.6 Å². The van der Waals surface area contributed by atoms with E-state index in [4.69, 9.17) is 9.47 Å². The predicted octanol–water partition coefficient (Wildman–Crippen LogP) is 1.90. The molecule has 1 aromatic carbocycles. The normalized spacial score (nSPS) is 18.2. The lowest BCUT2D eigenvalue weighted by molar-refractivity contribution is 0.247. The number of hydrogen-bond acceptors (Lipinski definition) is 3. The van der Waals surface area contributed by atoms with Gasteiger partial charge in [0, 0.05) is 5.56 Å². The summed E-state index contributed by atoms with van der Waals surface area (Å²) in [6.07, 6.45) is 0. The van der Waals surface area contributed by atoms with Crippen LogP contribution in [0.5, 0.6) is 11.5 Å².